The van der Waals surface area contributed by atoms with Crippen molar-refractivity contribution in [2.45, 2.75) is 163 Å². The molecule has 50 heavy (non-hydrogen) atoms. The summed E-state index contributed by atoms with van der Waals surface area (Å²) in [6.07, 6.45) is 19.7. The van der Waals surface area contributed by atoms with Crippen LogP contribution in [0.5, 0.6) is 0 Å². The molecule has 14 atom stereocenters. The van der Waals surface area contributed by atoms with Crippen molar-refractivity contribution < 1.29 is 29.6 Å². The number of carbonyl (C=O) groups excluding carboxylic acids is 1. The van der Waals surface area contributed by atoms with Gasteiger partial charge < -0.3 is 20.1 Å². The van der Waals surface area contributed by atoms with Gasteiger partial charge in [-0.05, 0) is 148 Å². The number of fused-ring (bicyclic) bond motifs is 4. The molecule has 0 aromatic rings. The van der Waals surface area contributed by atoms with Gasteiger partial charge in [-0.15, -0.1) is 0 Å². The van der Waals surface area contributed by atoms with Gasteiger partial charge in [-0.3, -0.25) is 9.59 Å². The van der Waals surface area contributed by atoms with Crippen LogP contribution in [0.4, 0.5) is 0 Å². The van der Waals surface area contributed by atoms with Crippen LogP contribution in [0.2, 0.25) is 0 Å². The number of carboxylic acid groups (broad SMARTS) is 1. The molecule has 0 aromatic heterocycles. The van der Waals surface area contributed by atoms with Crippen LogP contribution in [-0.4, -0.2) is 45.6 Å². The van der Waals surface area contributed by atoms with Crippen molar-refractivity contribution >= 4 is 12.4 Å². The molecule has 14 unspecified atom stereocenters. The summed E-state index contributed by atoms with van der Waals surface area (Å²) in [5, 5.41) is 31.8. The van der Waals surface area contributed by atoms with Gasteiger partial charge in [0.15, 0.2) is 0 Å². The van der Waals surface area contributed by atoms with Crippen LogP contribution in [0, 0.1) is 74.4 Å². The first kappa shape index (κ1) is 36.7. The number of aliphatic hydroxyl groups is 2. The largest absolute Gasteiger partial charge is 0.481 e. The summed E-state index contributed by atoms with van der Waals surface area (Å²) in [6.45, 7) is 18.6. The second-order valence-electron chi connectivity index (χ2n) is 20.6. The number of carbonyl (C=O) groups is 2. The van der Waals surface area contributed by atoms with E-state index in [0.29, 0.717) is 47.9 Å². The molecule has 2 spiro atoms. The molecule has 10 aliphatic carbocycles. The summed E-state index contributed by atoms with van der Waals surface area (Å²) in [4.78, 5) is 23.3. The van der Waals surface area contributed by atoms with Crippen molar-refractivity contribution in [2.24, 2.45) is 74.4 Å². The Labute approximate surface area is 302 Å². The number of allylic oxidation sites excluding steroid dienone is 2. The molecular weight excluding hydrogens is 624 g/mol. The smallest absolute Gasteiger partial charge is 0.309 e. The first-order chi connectivity index (χ1) is 23.4. The summed E-state index contributed by atoms with van der Waals surface area (Å²) in [5.74, 6) is 2.90. The van der Waals surface area contributed by atoms with Crippen molar-refractivity contribution in [1.82, 2.24) is 0 Å². The van der Waals surface area contributed by atoms with Gasteiger partial charge in [0.1, 0.15) is 6.10 Å². The Hall–Kier alpha value is -1.66. The maximum absolute atomic E-state index is 12.2. The predicted molar refractivity (Wildman–Crippen MR) is 196 cm³/mol. The lowest BCUT2D eigenvalue weighted by Gasteiger charge is -2.67. The van der Waals surface area contributed by atoms with E-state index >= 15 is 0 Å². The van der Waals surface area contributed by atoms with Crippen LogP contribution in [0.3, 0.4) is 0 Å². The molecule has 6 fully saturated rings. The molecule has 6 saturated carbocycles. The van der Waals surface area contributed by atoms with Crippen molar-refractivity contribution in [3.8, 4) is 0 Å². The van der Waals surface area contributed by atoms with Gasteiger partial charge in [-0.1, -0.05) is 77.7 Å². The first-order valence-corrected chi connectivity index (χ1v) is 20.6. The van der Waals surface area contributed by atoms with Crippen LogP contribution in [0.15, 0.2) is 23.3 Å². The van der Waals surface area contributed by atoms with Crippen molar-refractivity contribution in [1.29, 1.82) is 0 Å². The number of carboxylic acids is 1. The standard InChI is InChI=1S/C23H34O4.C21H34O2/c1-14(2)16-11-23-9-6-18-21(3,7-5-8-22(18,4)20(25)26)19(23)10-15(16)17(12-23)27-13-24;1-13(2)15-11-21-9-6-17-19(3,7-5-8-20(17,4)23)18(21)10-14(15)16(22)12-21/h11,13-15,17-19H,5-10,12H2,1-4H3,(H,25,26);11,13-14,16-18,22-23H,5-10,12H2,1-4H3. The van der Waals surface area contributed by atoms with E-state index in [2.05, 4.69) is 60.6 Å². The topological polar surface area (TPSA) is 104 Å². The minimum Gasteiger partial charge on any atom is -0.481 e. The molecule has 6 heteroatoms. The molecule has 3 N–H and O–H groups in total. The fourth-order valence-electron chi connectivity index (χ4n) is 15.5. The average molecular weight is 693 g/mol. The molecule has 0 saturated heterocycles. The SMILES string of the molecule is CC(C)C1=CC23CCC4C(C)(C(=O)O)CCCC4(C)C2CC1C(OC=O)C3.CC(C)C1=CC23CCC4C(C)(O)CCCC4(C)C2CC1C(O)C3. The number of ether oxygens (including phenoxy) is 1. The van der Waals surface area contributed by atoms with Gasteiger partial charge in [0.05, 0.1) is 17.1 Å². The van der Waals surface area contributed by atoms with Crippen LogP contribution in [-0.2, 0) is 14.3 Å². The summed E-state index contributed by atoms with van der Waals surface area (Å²) < 4.78 is 5.57. The maximum Gasteiger partial charge on any atom is 0.309 e. The minimum absolute atomic E-state index is 0.00394. The number of hydrogen-bond acceptors (Lipinski definition) is 5. The van der Waals surface area contributed by atoms with Gasteiger partial charge >= 0.3 is 5.97 Å². The van der Waals surface area contributed by atoms with Crippen molar-refractivity contribution in [2.75, 3.05) is 0 Å². The van der Waals surface area contributed by atoms with Gasteiger partial charge in [0.25, 0.3) is 6.47 Å². The molecule has 0 aromatic carbocycles. The van der Waals surface area contributed by atoms with E-state index in [-0.39, 0.29) is 39.8 Å². The molecule has 4 bridgehead atoms. The number of aliphatic hydroxyl groups excluding tert-OH is 1. The van der Waals surface area contributed by atoms with Crippen LogP contribution < -0.4 is 0 Å². The van der Waals surface area contributed by atoms with Gasteiger partial charge in [-0.25, -0.2) is 0 Å². The average Bonchev–Trinajstić information content (AvgIpc) is 3.03. The molecule has 6 nitrogen and oxygen atoms in total. The molecule has 280 valence electrons. The molecule has 0 amide bonds. The third kappa shape index (κ3) is 5.20. The molecule has 0 aliphatic heterocycles. The van der Waals surface area contributed by atoms with Gasteiger partial charge in [0.2, 0.25) is 0 Å². The van der Waals surface area contributed by atoms with Gasteiger partial charge in [0, 0.05) is 11.8 Å². The van der Waals surface area contributed by atoms with Crippen LogP contribution in [0.25, 0.3) is 0 Å². The Morgan fingerprint density at radius 1 is 0.760 bits per heavy atom. The molecule has 0 radical (unpaired) electrons. The highest BCUT2D eigenvalue weighted by Gasteiger charge is 2.67. The fraction of sp³-hybridized carbons (Fsp3) is 0.864. The van der Waals surface area contributed by atoms with E-state index in [9.17, 15) is 24.9 Å². The fourth-order valence-corrected chi connectivity index (χ4v) is 15.5. The number of hydrogen-bond donors (Lipinski definition) is 3. The first-order valence-electron chi connectivity index (χ1n) is 20.6. The molecule has 10 aliphatic rings. The number of aliphatic carboxylic acids is 1. The zero-order valence-electron chi connectivity index (χ0n) is 32.5. The highest BCUT2D eigenvalue weighted by molar-refractivity contribution is 5.75. The normalized spacial score (nSPS) is 51.6. The summed E-state index contributed by atoms with van der Waals surface area (Å²) in [6, 6.07) is 0. The van der Waals surface area contributed by atoms with E-state index in [0.717, 1.165) is 83.5 Å². The monoisotopic (exact) mass is 693 g/mol. The third-order valence-corrected chi connectivity index (χ3v) is 17.6. The lowest BCUT2D eigenvalue weighted by atomic mass is 9.37. The third-order valence-electron chi connectivity index (χ3n) is 17.6. The zero-order chi connectivity index (χ0) is 36.2. The highest BCUT2D eigenvalue weighted by atomic mass is 16.5. The Morgan fingerprint density at radius 3 is 1.86 bits per heavy atom. The maximum atomic E-state index is 12.2. The van der Waals surface area contributed by atoms with Crippen LogP contribution in [0.1, 0.15) is 145 Å². The lowest BCUT2D eigenvalue weighted by Crippen LogP contribution is -2.62. The van der Waals surface area contributed by atoms with Gasteiger partial charge in [-0.2, -0.15) is 0 Å². The highest BCUT2D eigenvalue weighted by Crippen LogP contribution is 2.72. The Kier molecular flexibility index (Phi) is 8.94. The molecule has 0 heterocycles. The van der Waals surface area contributed by atoms with E-state index in [1.165, 1.54) is 17.6 Å². The molecule has 10 rings (SSSR count). The number of rotatable bonds is 5. The summed E-state index contributed by atoms with van der Waals surface area (Å²) in [5.41, 5.74) is 2.47. The van der Waals surface area contributed by atoms with E-state index in [4.69, 9.17) is 4.74 Å². The second kappa shape index (κ2) is 12.2. The quantitative estimate of drug-likeness (QED) is 0.196. The lowest BCUT2D eigenvalue weighted by molar-refractivity contribution is -0.193. The Balaban J connectivity index is 0.000000159. The van der Waals surface area contributed by atoms with Crippen molar-refractivity contribution in [3.63, 3.8) is 0 Å². The van der Waals surface area contributed by atoms with E-state index < -0.39 is 17.0 Å². The Morgan fingerprint density at radius 2 is 1.28 bits per heavy atom. The van der Waals surface area contributed by atoms with Crippen molar-refractivity contribution in [3.05, 3.63) is 23.3 Å². The summed E-state index contributed by atoms with van der Waals surface area (Å²) >= 11 is 0. The van der Waals surface area contributed by atoms with E-state index in [1.807, 2.05) is 6.92 Å². The van der Waals surface area contributed by atoms with Crippen LogP contribution >= 0.6 is 0 Å². The predicted octanol–water partition coefficient (Wildman–Crippen LogP) is 9.13. The minimum atomic E-state index is -0.615. The summed E-state index contributed by atoms with van der Waals surface area (Å²) in [7, 11) is 0. The van der Waals surface area contributed by atoms with E-state index in [1.54, 1.807) is 0 Å². The zero-order valence-corrected chi connectivity index (χ0v) is 32.5. The molecular formula is C44H68O6. The Bertz CT molecular complexity index is 1430. The second-order valence-corrected chi connectivity index (χ2v) is 20.6.